The van der Waals surface area contributed by atoms with Crippen LogP contribution in [0.15, 0.2) is 46.8 Å². The molecule has 0 spiro atoms. The third-order valence-corrected chi connectivity index (χ3v) is 8.72. The Hall–Kier alpha value is -0.823. The first kappa shape index (κ1) is 10.3. The van der Waals surface area contributed by atoms with Gasteiger partial charge in [0.05, 0.1) is 0 Å². The van der Waals surface area contributed by atoms with Crippen LogP contribution in [0.5, 0.6) is 0 Å². The largest absolute Gasteiger partial charge is 0.104 e. The van der Waals surface area contributed by atoms with Crippen molar-refractivity contribution in [2.24, 2.45) is 17.3 Å². The van der Waals surface area contributed by atoms with E-state index in [1.165, 1.54) is 0 Å². The SMILES string of the molecule is CC1(C)C2C=CC=C2[Si](C)(C)C2=CC=CC21. The molecule has 1 heterocycles. The van der Waals surface area contributed by atoms with Crippen LogP contribution in [0, 0.1) is 17.3 Å². The second kappa shape index (κ2) is 2.89. The maximum absolute atomic E-state index is 2.51. The minimum absolute atomic E-state index is 0.361. The van der Waals surface area contributed by atoms with E-state index in [1.807, 2.05) is 0 Å². The second-order valence-corrected chi connectivity index (χ2v) is 10.8. The van der Waals surface area contributed by atoms with Crippen molar-refractivity contribution >= 4 is 8.07 Å². The average molecular weight is 228 g/mol. The Balaban J connectivity index is 2.19. The summed E-state index contributed by atoms with van der Waals surface area (Å²) in [7, 11) is -1.34. The van der Waals surface area contributed by atoms with Gasteiger partial charge in [0.25, 0.3) is 0 Å². The van der Waals surface area contributed by atoms with Crippen LogP contribution >= 0.6 is 0 Å². The molecule has 1 saturated heterocycles. The first-order chi connectivity index (χ1) is 7.45. The van der Waals surface area contributed by atoms with Gasteiger partial charge in [0.1, 0.15) is 8.07 Å². The zero-order valence-electron chi connectivity index (χ0n) is 10.6. The molecule has 1 aliphatic heterocycles. The standard InChI is InChI=1S/C15H20Si/c1-15(2)11-7-5-9-13(11)16(3,4)14-10-6-8-12(14)15/h5-12H,1-4H3. The molecule has 0 aromatic heterocycles. The highest BCUT2D eigenvalue weighted by Crippen LogP contribution is 2.56. The summed E-state index contributed by atoms with van der Waals surface area (Å²) < 4.78 is 0. The third-order valence-electron chi connectivity index (χ3n) is 4.88. The molecule has 3 rings (SSSR count). The lowest BCUT2D eigenvalue weighted by molar-refractivity contribution is 0.235. The molecule has 0 bridgehead atoms. The van der Waals surface area contributed by atoms with Crippen molar-refractivity contribution < 1.29 is 0 Å². The number of fused-ring (bicyclic) bond motifs is 2. The smallest absolute Gasteiger partial charge is 0.0772 e. The molecule has 84 valence electrons. The van der Waals surface area contributed by atoms with Crippen molar-refractivity contribution in [3.05, 3.63) is 46.8 Å². The van der Waals surface area contributed by atoms with E-state index in [0.717, 1.165) is 0 Å². The molecular formula is C15H20Si. The molecule has 2 atom stereocenters. The molecular weight excluding hydrogens is 208 g/mol. The van der Waals surface area contributed by atoms with Gasteiger partial charge in [-0.2, -0.15) is 0 Å². The number of rotatable bonds is 0. The molecule has 2 unspecified atom stereocenters. The predicted molar refractivity (Wildman–Crippen MR) is 72.7 cm³/mol. The molecule has 3 aliphatic rings. The van der Waals surface area contributed by atoms with Crippen LogP contribution in [-0.2, 0) is 0 Å². The summed E-state index contributed by atoms with van der Waals surface area (Å²) in [5.74, 6) is 1.36. The lowest BCUT2D eigenvalue weighted by Crippen LogP contribution is -2.50. The summed E-state index contributed by atoms with van der Waals surface area (Å²) >= 11 is 0. The summed E-state index contributed by atoms with van der Waals surface area (Å²) in [6.07, 6.45) is 14.2. The lowest BCUT2D eigenvalue weighted by atomic mass is 9.69. The van der Waals surface area contributed by atoms with Crippen LogP contribution < -0.4 is 0 Å². The van der Waals surface area contributed by atoms with Crippen LogP contribution in [-0.4, -0.2) is 8.07 Å². The molecule has 16 heavy (non-hydrogen) atoms. The van der Waals surface area contributed by atoms with E-state index < -0.39 is 8.07 Å². The van der Waals surface area contributed by atoms with Gasteiger partial charge in [0.15, 0.2) is 0 Å². The van der Waals surface area contributed by atoms with Gasteiger partial charge >= 0.3 is 0 Å². The number of hydrogen-bond acceptors (Lipinski definition) is 0. The third kappa shape index (κ3) is 1.05. The molecule has 0 N–H and O–H groups in total. The van der Waals surface area contributed by atoms with E-state index >= 15 is 0 Å². The van der Waals surface area contributed by atoms with E-state index in [4.69, 9.17) is 0 Å². The van der Waals surface area contributed by atoms with E-state index in [1.54, 1.807) is 10.4 Å². The van der Waals surface area contributed by atoms with Crippen LogP contribution in [0.4, 0.5) is 0 Å². The maximum atomic E-state index is 2.51. The van der Waals surface area contributed by atoms with Gasteiger partial charge in [-0.15, -0.1) is 0 Å². The topological polar surface area (TPSA) is 0 Å². The van der Waals surface area contributed by atoms with Gasteiger partial charge in [-0.05, 0) is 5.41 Å². The number of allylic oxidation sites excluding steroid dienone is 8. The van der Waals surface area contributed by atoms with Crippen molar-refractivity contribution in [2.75, 3.05) is 0 Å². The first-order valence-corrected chi connectivity index (χ1v) is 9.23. The lowest BCUT2D eigenvalue weighted by Gasteiger charge is -2.50. The molecule has 1 fully saturated rings. The minimum Gasteiger partial charge on any atom is -0.0772 e. The summed E-state index contributed by atoms with van der Waals surface area (Å²) in [5, 5.41) is 3.48. The zero-order chi connectivity index (χ0) is 11.6. The summed E-state index contributed by atoms with van der Waals surface area (Å²) in [6.45, 7) is 9.89. The fourth-order valence-corrected chi connectivity index (χ4v) is 7.66. The quantitative estimate of drug-likeness (QED) is 0.549. The van der Waals surface area contributed by atoms with Crippen LogP contribution in [0.3, 0.4) is 0 Å². The highest BCUT2D eigenvalue weighted by molar-refractivity contribution is 6.91. The molecule has 0 aromatic carbocycles. The molecule has 0 nitrogen and oxygen atoms in total. The zero-order valence-corrected chi connectivity index (χ0v) is 11.6. The number of hydrogen-bond donors (Lipinski definition) is 0. The Bertz CT molecular complexity index is 418. The van der Waals surface area contributed by atoms with Crippen molar-refractivity contribution in [3.63, 3.8) is 0 Å². The van der Waals surface area contributed by atoms with Crippen molar-refractivity contribution in [3.8, 4) is 0 Å². The van der Waals surface area contributed by atoms with Gasteiger partial charge in [0.2, 0.25) is 0 Å². The molecule has 1 heteroatoms. The van der Waals surface area contributed by atoms with Gasteiger partial charge in [-0.1, -0.05) is 73.8 Å². The summed E-state index contributed by atoms with van der Waals surface area (Å²) in [6, 6.07) is 0. The molecule has 2 aliphatic carbocycles. The first-order valence-electron chi connectivity index (χ1n) is 6.23. The molecule has 0 amide bonds. The minimum atomic E-state index is -1.34. The van der Waals surface area contributed by atoms with Crippen LogP contribution in [0.25, 0.3) is 0 Å². The van der Waals surface area contributed by atoms with Crippen molar-refractivity contribution in [2.45, 2.75) is 26.9 Å². The highest BCUT2D eigenvalue weighted by atomic mass is 28.3. The van der Waals surface area contributed by atoms with Gasteiger partial charge in [-0.3, -0.25) is 0 Å². The Morgan fingerprint density at radius 1 is 0.938 bits per heavy atom. The molecule has 0 aromatic rings. The van der Waals surface area contributed by atoms with E-state index in [9.17, 15) is 0 Å². The van der Waals surface area contributed by atoms with E-state index in [0.29, 0.717) is 17.3 Å². The fraction of sp³-hybridized carbons (Fsp3) is 0.467. The highest BCUT2D eigenvalue weighted by Gasteiger charge is 2.52. The van der Waals surface area contributed by atoms with E-state index in [2.05, 4.69) is 63.4 Å². The molecule has 0 saturated carbocycles. The molecule has 0 radical (unpaired) electrons. The Labute approximate surface area is 99.5 Å². The fourth-order valence-electron chi connectivity index (χ4n) is 3.81. The van der Waals surface area contributed by atoms with Crippen LogP contribution in [0.2, 0.25) is 13.1 Å². The average Bonchev–Trinajstić information content (AvgIpc) is 2.86. The maximum Gasteiger partial charge on any atom is 0.104 e. The van der Waals surface area contributed by atoms with Gasteiger partial charge in [-0.25, -0.2) is 0 Å². The van der Waals surface area contributed by atoms with E-state index in [-0.39, 0.29) is 0 Å². The summed E-state index contributed by atoms with van der Waals surface area (Å²) in [5.41, 5.74) is 0.361. The Morgan fingerprint density at radius 2 is 1.38 bits per heavy atom. The monoisotopic (exact) mass is 228 g/mol. The van der Waals surface area contributed by atoms with Crippen molar-refractivity contribution in [1.29, 1.82) is 0 Å². The van der Waals surface area contributed by atoms with Crippen molar-refractivity contribution in [1.82, 2.24) is 0 Å². The second-order valence-electron chi connectivity index (χ2n) is 6.42. The van der Waals surface area contributed by atoms with Gasteiger partial charge in [0, 0.05) is 11.8 Å². The van der Waals surface area contributed by atoms with Gasteiger partial charge < -0.3 is 0 Å². The summed E-state index contributed by atoms with van der Waals surface area (Å²) in [4.78, 5) is 0. The normalized spacial score (nSPS) is 36.8. The van der Waals surface area contributed by atoms with Crippen LogP contribution in [0.1, 0.15) is 13.8 Å². The predicted octanol–water partition coefficient (Wildman–Crippen LogP) is 4.04. The Morgan fingerprint density at radius 3 is 1.81 bits per heavy atom. The Kier molecular flexibility index (Phi) is 1.87.